The van der Waals surface area contributed by atoms with Gasteiger partial charge in [-0.15, -0.1) is 0 Å². The van der Waals surface area contributed by atoms with E-state index in [9.17, 15) is 14.4 Å². The summed E-state index contributed by atoms with van der Waals surface area (Å²) < 4.78 is 12.7. The number of carbonyl (C=O) groups is 3. The summed E-state index contributed by atoms with van der Waals surface area (Å²) in [4.78, 5) is 32.8. The van der Waals surface area contributed by atoms with Gasteiger partial charge >= 0.3 is 229 Å². The SMILES string of the molecule is CCCCC(CC)C(=O)[O][Cu].CCCCC(CC)C(=O)[O][Cu].CCCCC(CC)C(=O)[O][Cu]. The zero-order valence-corrected chi connectivity index (χ0v) is 23.9. The number of hydrogen-bond donors (Lipinski definition) is 0. The standard InChI is InChI=1S/3C8H16O2.3Cu/c3*1-3-5-6-7(4-2)8(9)10;;;/h3*7H,3-6H2,1-2H3,(H,9,10);;;/q;;;3*+1/p-3. The number of unbranched alkanes of at least 4 members (excludes halogenated alkanes) is 3. The molecule has 0 amide bonds. The van der Waals surface area contributed by atoms with Crippen molar-refractivity contribution in [2.45, 2.75) is 119 Å². The zero-order chi connectivity index (χ0) is 26.1. The molecule has 0 radical (unpaired) electrons. The van der Waals surface area contributed by atoms with Crippen molar-refractivity contribution in [3.05, 3.63) is 0 Å². The van der Waals surface area contributed by atoms with Crippen LogP contribution < -0.4 is 0 Å². The van der Waals surface area contributed by atoms with E-state index in [1.807, 2.05) is 20.8 Å². The number of hydrogen-bond acceptors (Lipinski definition) is 6. The van der Waals surface area contributed by atoms with Crippen molar-refractivity contribution in [2.24, 2.45) is 17.8 Å². The summed E-state index contributed by atoms with van der Waals surface area (Å²) in [5, 5.41) is 0. The Hall–Kier alpha value is -0.0316. The normalized spacial score (nSPS) is 12.7. The Balaban J connectivity index is -0.000000409. The van der Waals surface area contributed by atoms with Gasteiger partial charge in [0.1, 0.15) is 0 Å². The maximum absolute atomic E-state index is 10.9. The van der Waals surface area contributed by atoms with Crippen LogP contribution in [0.4, 0.5) is 0 Å². The Morgan fingerprint density at radius 1 is 0.515 bits per heavy atom. The molecule has 3 unspecified atom stereocenters. The second kappa shape index (κ2) is 28.2. The van der Waals surface area contributed by atoms with E-state index >= 15 is 0 Å². The van der Waals surface area contributed by atoms with Crippen LogP contribution in [-0.2, 0) is 74.9 Å². The first kappa shape index (κ1) is 37.5. The van der Waals surface area contributed by atoms with E-state index in [-0.39, 0.29) is 35.7 Å². The molecule has 6 nitrogen and oxygen atoms in total. The Labute approximate surface area is 228 Å². The minimum absolute atomic E-state index is 0.0156. The average molecular weight is 620 g/mol. The first-order valence-electron chi connectivity index (χ1n) is 12.2. The third-order valence-corrected chi connectivity index (χ3v) is 5.95. The van der Waals surface area contributed by atoms with Crippen molar-refractivity contribution < 1.29 is 74.9 Å². The van der Waals surface area contributed by atoms with Crippen molar-refractivity contribution in [3.63, 3.8) is 0 Å². The zero-order valence-electron chi connectivity index (χ0n) is 21.1. The van der Waals surface area contributed by atoms with E-state index in [0.717, 1.165) is 77.0 Å². The van der Waals surface area contributed by atoms with E-state index in [1.165, 1.54) is 0 Å². The fraction of sp³-hybridized carbons (Fsp3) is 0.875. The first-order chi connectivity index (χ1) is 15.8. The summed E-state index contributed by atoms with van der Waals surface area (Å²) in [6.07, 6.45) is 11.7. The van der Waals surface area contributed by atoms with Gasteiger partial charge in [-0.05, 0) is 0 Å². The van der Waals surface area contributed by atoms with Gasteiger partial charge in [0.05, 0.1) is 0 Å². The van der Waals surface area contributed by atoms with Gasteiger partial charge in [-0.2, -0.15) is 0 Å². The Morgan fingerprint density at radius 3 is 0.848 bits per heavy atom. The van der Waals surface area contributed by atoms with Crippen LogP contribution in [0.3, 0.4) is 0 Å². The molecule has 9 heteroatoms. The molecular weight excluding hydrogens is 575 g/mol. The molecule has 3 atom stereocenters. The topological polar surface area (TPSA) is 78.9 Å². The van der Waals surface area contributed by atoms with Crippen LogP contribution in [0.5, 0.6) is 0 Å². The second-order valence-corrected chi connectivity index (χ2v) is 8.46. The van der Waals surface area contributed by atoms with Crippen LogP contribution in [0.1, 0.15) is 119 Å². The number of carbonyl (C=O) groups excluding carboxylic acids is 3. The fourth-order valence-corrected chi connectivity index (χ4v) is 3.44. The summed E-state index contributed by atoms with van der Waals surface area (Å²) in [5.74, 6) is -0.701. The Kier molecular flexibility index (Phi) is 32.1. The average Bonchev–Trinajstić information content (AvgIpc) is 2.85. The molecule has 0 fully saturated rings. The third kappa shape index (κ3) is 22.2. The van der Waals surface area contributed by atoms with E-state index in [1.54, 1.807) is 0 Å². The van der Waals surface area contributed by atoms with Crippen molar-refractivity contribution in [2.75, 3.05) is 0 Å². The van der Waals surface area contributed by atoms with Crippen LogP contribution >= 0.6 is 0 Å². The molecule has 0 aliphatic carbocycles. The first-order valence-corrected chi connectivity index (χ1v) is 13.3. The van der Waals surface area contributed by atoms with Gasteiger partial charge in [0.25, 0.3) is 0 Å². The molecule has 210 valence electrons. The van der Waals surface area contributed by atoms with Crippen molar-refractivity contribution in [1.29, 1.82) is 0 Å². The molecule has 0 aliphatic rings. The molecular formula is C24H45Cu3O6. The number of rotatable bonds is 15. The fourth-order valence-electron chi connectivity index (χ4n) is 2.97. The summed E-state index contributed by atoms with van der Waals surface area (Å²) in [5.41, 5.74) is 0. The van der Waals surface area contributed by atoms with Gasteiger partial charge < -0.3 is 0 Å². The van der Waals surface area contributed by atoms with Gasteiger partial charge in [0.15, 0.2) is 0 Å². The van der Waals surface area contributed by atoms with E-state index in [4.69, 9.17) is 0 Å². The summed E-state index contributed by atoms with van der Waals surface area (Å²) in [6, 6.07) is 0. The van der Waals surface area contributed by atoms with Crippen molar-refractivity contribution in [1.82, 2.24) is 0 Å². The summed E-state index contributed by atoms with van der Waals surface area (Å²) >= 11 is 13.1. The summed E-state index contributed by atoms with van der Waals surface area (Å²) in [7, 11) is 0. The predicted octanol–water partition coefficient (Wildman–Crippen LogP) is 6.62. The van der Waals surface area contributed by atoms with Gasteiger partial charge in [-0.25, -0.2) is 0 Å². The van der Waals surface area contributed by atoms with Crippen LogP contribution in [0.25, 0.3) is 0 Å². The monoisotopic (exact) mass is 618 g/mol. The third-order valence-electron chi connectivity index (χ3n) is 5.38. The van der Waals surface area contributed by atoms with Crippen LogP contribution in [0.15, 0.2) is 0 Å². The van der Waals surface area contributed by atoms with E-state index in [2.05, 4.69) is 81.3 Å². The van der Waals surface area contributed by atoms with Gasteiger partial charge in [-0.3, -0.25) is 0 Å². The molecule has 0 aromatic carbocycles. The van der Waals surface area contributed by atoms with Crippen molar-refractivity contribution >= 4 is 17.9 Å². The minimum atomic E-state index is -0.249. The maximum atomic E-state index is 10.9. The molecule has 0 aromatic rings. The van der Waals surface area contributed by atoms with Gasteiger partial charge in [0, 0.05) is 0 Å². The van der Waals surface area contributed by atoms with Gasteiger partial charge in [0.2, 0.25) is 0 Å². The molecule has 0 saturated carbocycles. The molecule has 0 bridgehead atoms. The van der Waals surface area contributed by atoms with E-state index in [0.29, 0.717) is 0 Å². The molecule has 0 aromatic heterocycles. The quantitative estimate of drug-likeness (QED) is 0.192. The predicted molar refractivity (Wildman–Crippen MR) is 118 cm³/mol. The Morgan fingerprint density at radius 2 is 0.727 bits per heavy atom. The molecule has 0 aliphatic heterocycles. The van der Waals surface area contributed by atoms with Crippen molar-refractivity contribution in [3.8, 4) is 0 Å². The molecule has 0 rings (SSSR count). The molecule has 0 heterocycles. The Bertz CT molecular complexity index is 411. The van der Waals surface area contributed by atoms with Crippen LogP contribution in [-0.4, -0.2) is 17.9 Å². The van der Waals surface area contributed by atoms with Crippen LogP contribution in [0.2, 0.25) is 0 Å². The molecule has 0 spiro atoms. The molecule has 0 N–H and O–H groups in total. The summed E-state index contributed by atoms with van der Waals surface area (Å²) in [6.45, 7) is 12.2. The second-order valence-electron chi connectivity index (χ2n) is 7.88. The van der Waals surface area contributed by atoms with Crippen LogP contribution in [0, 0.1) is 17.8 Å². The molecule has 33 heavy (non-hydrogen) atoms. The molecule has 0 saturated heterocycles. The van der Waals surface area contributed by atoms with Gasteiger partial charge in [-0.1, -0.05) is 0 Å². The van der Waals surface area contributed by atoms with E-state index < -0.39 is 0 Å².